The molecule has 2 aromatic carbocycles. The highest BCUT2D eigenvalue weighted by atomic mass is 16.6. The number of anilines is 2. The lowest BCUT2D eigenvalue weighted by molar-refractivity contribution is -0.385. The van der Waals surface area contributed by atoms with Crippen LogP contribution in [0.4, 0.5) is 17.1 Å². The number of nitrogens with one attached hydrogen (secondary N) is 1. The van der Waals surface area contributed by atoms with E-state index in [9.17, 15) is 14.9 Å². The van der Waals surface area contributed by atoms with Crippen LogP contribution in [0.1, 0.15) is 15.9 Å². The maximum Gasteiger partial charge on any atom is 0.274 e. The summed E-state index contributed by atoms with van der Waals surface area (Å²) < 4.78 is 5.33. The molecule has 1 saturated heterocycles. The molecule has 0 saturated carbocycles. The van der Waals surface area contributed by atoms with E-state index in [-0.39, 0.29) is 11.6 Å². The number of benzene rings is 2. The predicted molar refractivity (Wildman–Crippen MR) is 95.3 cm³/mol. The van der Waals surface area contributed by atoms with Gasteiger partial charge in [-0.2, -0.15) is 0 Å². The molecule has 2 aromatic rings. The Labute approximate surface area is 145 Å². The van der Waals surface area contributed by atoms with Crippen molar-refractivity contribution in [3.8, 4) is 0 Å². The van der Waals surface area contributed by atoms with Crippen LogP contribution in [0.3, 0.4) is 0 Å². The number of rotatable bonds is 4. The summed E-state index contributed by atoms with van der Waals surface area (Å²) in [5.41, 5.74) is 2.41. The monoisotopic (exact) mass is 341 g/mol. The Bertz CT molecular complexity index is 783. The molecule has 1 aliphatic rings. The lowest BCUT2D eigenvalue weighted by atomic mass is 10.1. The third kappa shape index (κ3) is 3.77. The molecule has 1 N–H and O–H groups in total. The Morgan fingerprint density at radius 3 is 2.48 bits per heavy atom. The van der Waals surface area contributed by atoms with Gasteiger partial charge in [0.15, 0.2) is 0 Å². The molecular weight excluding hydrogens is 322 g/mol. The largest absolute Gasteiger partial charge is 0.378 e. The van der Waals surface area contributed by atoms with Crippen LogP contribution in [-0.2, 0) is 4.74 Å². The minimum atomic E-state index is -0.456. The zero-order valence-corrected chi connectivity index (χ0v) is 13.9. The van der Waals surface area contributed by atoms with E-state index in [1.807, 2.05) is 12.1 Å². The number of morpholine rings is 1. The molecule has 0 aliphatic carbocycles. The fraction of sp³-hybridized carbons (Fsp3) is 0.278. The first kappa shape index (κ1) is 16.9. The second kappa shape index (κ2) is 7.31. The van der Waals surface area contributed by atoms with Gasteiger partial charge >= 0.3 is 0 Å². The van der Waals surface area contributed by atoms with Crippen LogP contribution in [0.15, 0.2) is 42.5 Å². The Balaban J connectivity index is 1.73. The zero-order chi connectivity index (χ0) is 17.8. The molecule has 0 unspecified atom stereocenters. The van der Waals surface area contributed by atoms with Crippen LogP contribution in [0.5, 0.6) is 0 Å². The van der Waals surface area contributed by atoms with E-state index >= 15 is 0 Å². The number of hydrogen-bond acceptors (Lipinski definition) is 5. The highest BCUT2D eigenvalue weighted by molar-refractivity contribution is 6.05. The van der Waals surface area contributed by atoms with Gasteiger partial charge in [0.2, 0.25) is 0 Å². The van der Waals surface area contributed by atoms with Crippen molar-refractivity contribution in [3.05, 3.63) is 63.7 Å². The highest BCUT2D eigenvalue weighted by Gasteiger charge is 2.16. The molecule has 0 atom stereocenters. The average molecular weight is 341 g/mol. The fourth-order valence-electron chi connectivity index (χ4n) is 2.80. The first-order valence-electron chi connectivity index (χ1n) is 8.04. The number of ether oxygens (including phenoxy) is 1. The Kier molecular flexibility index (Phi) is 4.95. The van der Waals surface area contributed by atoms with Gasteiger partial charge in [0.25, 0.3) is 11.6 Å². The van der Waals surface area contributed by atoms with Crippen molar-refractivity contribution in [2.45, 2.75) is 6.92 Å². The summed E-state index contributed by atoms with van der Waals surface area (Å²) in [6.07, 6.45) is 0. The Morgan fingerprint density at radius 2 is 1.84 bits per heavy atom. The van der Waals surface area contributed by atoms with E-state index in [4.69, 9.17) is 4.74 Å². The molecular formula is C18H19N3O4. The molecule has 1 heterocycles. The molecule has 0 radical (unpaired) electrons. The summed E-state index contributed by atoms with van der Waals surface area (Å²) in [5, 5.41) is 13.7. The first-order chi connectivity index (χ1) is 12.1. The van der Waals surface area contributed by atoms with Crippen LogP contribution in [0, 0.1) is 17.0 Å². The smallest absolute Gasteiger partial charge is 0.274 e. The standard InChI is InChI=1S/C18H19N3O4/c1-13-16(3-2-4-17(13)21(23)24)19-18(22)14-5-7-15(8-6-14)20-9-11-25-12-10-20/h2-8H,9-12H2,1H3,(H,19,22). The predicted octanol–water partition coefficient (Wildman–Crippen LogP) is 2.99. The van der Waals surface area contributed by atoms with Crippen LogP contribution < -0.4 is 10.2 Å². The van der Waals surface area contributed by atoms with Gasteiger partial charge in [0.1, 0.15) is 0 Å². The van der Waals surface area contributed by atoms with Gasteiger partial charge in [-0.3, -0.25) is 14.9 Å². The minimum Gasteiger partial charge on any atom is -0.378 e. The number of nitro benzene ring substituents is 1. The van der Waals surface area contributed by atoms with Crippen molar-refractivity contribution < 1.29 is 14.5 Å². The third-order valence-electron chi connectivity index (χ3n) is 4.26. The van der Waals surface area contributed by atoms with E-state index in [1.54, 1.807) is 31.2 Å². The highest BCUT2D eigenvalue weighted by Crippen LogP contribution is 2.25. The number of nitro groups is 1. The Morgan fingerprint density at radius 1 is 1.16 bits per heavy atom. The van der Waals surface area contributed by atoms with Crippen molar-refractivity contribution in [2.24, 2.45) is 0 Å². The van der Waals surface area contributed by atoms with Crippen LogP contribution >= 0.6 is 0 Å². The van der Waals surface area contributed by atoms with E-state index < -0.39 is 4.92 Å². The summed E-state index contributed by atoms with van der Waals surface area (Å²) in [6.45, 7) is 4.69. The van der Waals surface area contributed by atoms with Crippen LogP contribution in [-0.4, -0.2) is 37.1 Å². The number of carbonyl (C=O) groups is 1. The molecule has 25 heavy (non-hydrogen) atoms. The zero-order valence-electron chi connectivity index (χ0n) is 13.9. The molecule has 130 valence electrons. The Hall–Kier alpha value is -2.93. The summed E-state index contributed by atoms with van der Waals surface area (Å²) >= 11 is 0. The van der Waals surface area contributed by atoms with Crippen molar-refractivity contribution in [3.63, 3.8) is 0 Å². The molecule has 0 bridgehead atoms. The maximum absolute atomic E-state index is 12.4. The van der Waals surface area contributed by atoms with Gasteiger partial charge in [-0.1, -0.05) is 6.07 Å². The lowest BCUT2D eigenvalue weighted by Gasteiger charge is -2.28. The van der Waals surface area contributed by atoms with Crippen LogP contribution in [0.2, 0.25) is 0 Å². The fourth-order valence-corrected chi connectivity index (χ4v) is 2.80. The molecule has 0 aromatic heterocycles. The molecule has 7 nitrogen and oxygen atoms in total. The number of nitrogens with zero attached hydrogens (tertiary/aromatic N) is 2. The quantitative estimate of drug-likeness (QED) is 0.682. The van der Waals surface area contributed by atoms with Gasteiger partial charge in [0.05, 0.1) is 29.4 Å². The van der Waals surface area contributed by atoms with Crippen LogP contribution in [0.25, 0.3) is 0 Å². The van der Waals surface area contributed by atoms with Crippen molar-refractivity contribution in [1.29, 1.82) is 0 Å². The van der Waals surface area contributed by atoms with E-state index in [2.05, 4.69) is 10.2 Å². The van der Waals surface area contributed by atoms with Gasteiger partial charge < -0.3 is 15.0 Å². The normalized spacial score (nSPS) is 14.2. The molecule has 1 aliphatic heterocycles. The third-order valence-corrected chi connectivity index (χ3v) is 4.26. The number of carbonyl (C=O) groups excluding carboxylic acids is 1. The molecule has 7 heteroatoms. The maximum atomic E-state index is 12.4. The summed E-state index contributed by atoms with van der Waals surface area (Å²) in [7, 11) is 0. The molecule has 0 spiro atoms. The first-order valence-corrected chi connectivity index (χ1v) is 8.04. The van der Waals surface area contributed by atoms with Crippen molar-refractivity contribution in [2.75, 3.05) is 36.5 Å². The van der Waals surface area contributed by atoms with Crippen molar-refractivity contribution >= 4 is 23.0 Å². The molecule has 3 rings (SSSR count). The molecule has 1 amide bonds. The second-order valence-electron chi connectivity index (χ2n) is 5.81. The summed E-state index contributed by atoms with van der Waals surface area (Å²) in [4.78, 5) is 25.2. The average Bonchev–Trinajstić information content (AvgIpc) is 2.64. The SMILES string of the molecule is Cc1c(NC(=O)c2ccc(N3CCOCC3)cc2)cccc1[N+](=O)[O-]. The van der Waals surface area contributed by atoms with Crippen molar-refractivity contribution in [1.82, 2.24) is 0 Å². The summed E-state index contributed by atoms with van der Waals surface area (Å²) in [5.74, 6) is -0.294. The number of amides is 1. The lowest BCUT2D eigenvalue weighted by Crippen LogP contribution is -2.36. The van der Waals surface area contributed by atoms with Gasteiger partial charge in [-0.05, 0) is 37.3 Å². The van der Waals surface area contributed by atoms with Gasteiger partial charge in [-0.25, -0.2) is 0 Å². The van der Waals surface area contributed by atoms with E-state index in [0.717, 1.165) is 18.8 Å². The minimum absolute atomic E-state index is 0.0135. The van der Waals surface area contributed by atoms with E-state index in [1.165, 1.54) is 6.07 Å². The van der Waals surface area contributed by atoms with E-state index in [0.29, 0.717) is 30.0 Å². The van der Waals surface area contributed by atoms with Gasteiger partial charge in [-0.15, -0.1) is 0 Å². The second-order valence-corrected chi connectivity index (χ2v) is 5.81. The molecule has 1 fully saturated rings. The topological polar surface area (TPSA) is 84.7 Å². The number of hydrogen-bond donors (Lipinski definition) is 1. The summed E-state index contributed by atoms with van der Waals surface area (Å²) in [6, 6.07) is 12.0. The van der Waals surface area contributed by atoms with Gasteiger partial charge in [0, 0.05) is 30.4 Å².